The minimum atomic E-state index is -3.45. The molecule has 0 spiro atoms. The van der Waals surface area contributed by atoms with Crippen LogP contribution in [0, 0.1) is 25.2 Å². The van der Waals surface area contributed by atoms with Gasteiger partial charge in [0.2, 0.25) is 10.0 Å². The van der Waals surface area contributed by atoms with Crippen LogP contribution in [0.4, 0.5) is 0 Å². The van der Waals surface area contributed by atoms with Gasteiger partial charge in [-0.15, -0.1) is 11.8 Å². The van der Waals surface area contributed by atoms with E-state index in [2.05, 4.69) is 11.1 Å². The van der Waals surface area contributed by atoms with E-state index in [0.29, 0.717) is 16.3 Å². The first-order chi connectivity index (χ1) is 11.3. The zero-order valence-corrected chi connectivity index (χ0v) is 15.7. The third-order valence-corrected chi connectivity index (χ3v) is 6.33. The van der Waals surface area contributed by atoms with Crippen LogP contribution < -0.4 is 0 Å². The smallest absolute Gasteiger partial charge is 0.242 e. The zero-order chi connectivity index (χ0) is 17.9. The highest BCUT2D eigenvalue weighted by atomic mass is 32.2. The number of aryl methyl sites for hydroxylation is 2. The molecule has 0 atom stereocenters. The van der Waals surface area contributed by atoms with Crippen molar-refractivity contribution in [3.63, 3.8) is 0 Å². The second-order valence-corrected chi connectivity index (χ2v) is 8.71. The summed E-state index contributed by atoms with van der Waals surface area (Å²) in [7, 11) is -0.434. The average molecular weight is 361 g/mol. The number of rotatable bonds is 5. The fraction of sp³-hybridized carbons (Fsp3) is 0.294. The van der Waals surface area contributed by atoms with Crippen molar-refractivity contribution in [1.29, 1.82) is 5.26 Å². The molecule has 5 nitrogen and oxygen atoms in total. The van der Waals surface area contributed by atoms with E-state index in [1.807, 2.05) is 26.0 Å². The highest BCUT2D eigenvalue weighted by Crippen LogP contribution is 2.27. The Labute approximate surface area is 147 Å². The molecule has 2 rings (SSSR count). The molecule has 0 saturated carbocycles. The maximum absolute atomic E-state index is 12.2. The standard InChI is InChI=1S/C17H19N3O2S2/c1-12-8-13(2)19-17(16(12)10-18)23-11-14-6-5-7-15(9-14)24(21,22)20(3)4/h5-9H,11H2,1-4H3. The molecular formula is C17H19N3O2S2. The first kappa shape index (κ1) is 18.5. The summed E-state index contributed by atoms with van der Waals surface area (Å²) >= 11 is 1.44. The van der Waals surface area contributed by atoms with Crippen LogP contribution in [0.3, 0.4) is 0 Å². The topological polar surface area (TPSA) is 74.1 Å². The van der Waals surface area contributed by atoms with Gasteiger partial charge >= 0.3 is 0 Å². The van der Waals surface area contributed by atoms with Crippen molar-refractivity contribution in [3.8, 4) is 6.07 Å². The molecule has 7 heteroatoms. The Balaban J connectivity index is 2.28. The van der Waals surface area contributed by atoms with Gasteiger partial charge in [-0.2, -0.15) is 5.26 Å². The average Bonchev–Trinajstić information content (AvgIpc) is 2.52. The van der Waals surface area contributed by atoms with Crippen LogP contribution in [0.5, 0.6) is 0 Å². The first-order valence-electron chi connectivity index (χ1n) is 7.28. The summed E-state index contributed by atoms with van der Waals surface area (Å²) in [6.45, 7) is 3.78. The largest absolute Gasteiger partial charge is 0.245 e. The lowest BCUT2D eigenvalue weighted by atomic mass is 10.1. The number of aromatic nitrogens is 1. The van der Waals surface area contributed by atoms with E-state index in [4.69, 9.17) is 0 Å². The lowest BCUT2D eigenvalue weighted by molar-refractivity contribution is 0.520. The third kappa shape index (κ3) is 3.96. The SMILES string of the molecule is Cc1cc(C)c(C#N)c(SCc2cccc(S(=O)(=O)N(C)C)c2)n1. The number of sulfonamides is 1. The van der Waals surface area contributed by atoms with Gasteiger partial charge in [0, 0.05) is 25.5 Å². The monoisotopic (exact) mass is 361 g/mol. The van der Waals surface area contributed by atoms with Gasteiger partial charge in [-0.1, -0.05) is 12.1 Å². The molecule has 1 heterocycles. The van der Waals surface area contributed by atoms with Crippen LogP contribution in [0.25, 0.3) is 0 Å². The Morgan fingerprint density at radius 2 is 1.96 bits per heavy atom. The van der Waals surface area contributed by atoms with Crippen molar-refractivity contribution in [2.75, 3.05) is 14.1 Å². The van der Waals surface area contributed by atoms with Crippen LogP contribution in [0.1, 0.15) is 22.4 Å². The summed E-state index contributed by atoms with van der Waals surface area (Å²) in [6.07, 6.45) is 0. The number of nitriles is 1. The molecular weight excluding hydrogens is 342 g/mol. The predicted molar refractivity (Wildman–Crippen MR) is 95.3 cm³/mol. The van der Waals surface area contributed by atoms with Crippen LogP contribution in [-0.4, -0.2) is 31.8 Å². The molecule has 126 valence electrons. The van der Waals surface area contributed by atoms with E-state index in [-0.39, 0.29) is 4.90 Å². The first-order valence-corrected chi connectivity index (χ1v) is 9.71. The molecule has 0 unspecified atom stereocenters. The molecule has 1 aromatic heterocycles. The summed E-state index contributed by atoms with van der Waals surface area (Å²) < 4.78 is 25.6. The molecule has 0 saturated heterocycles. The fourth-order valence-corrected chi connectivity index (χ4v) is 4.22. The summed E-state index contributed by atoms with van der Waals surface area (Å²) in [4.78, 5) is 4.70. The Bertz CT molecular complexity index is 901. The number of hydrogen-bond acceptors (Lipinski definition) is 5. The summed E-state index contributed by atoms with van der Waals surface area (Å²) in [6, 6.07) is 10.9. The molecule has 2 aromatic rings. The van der Waals surface area contributed by atoms with E-state index < -0.39 is 10.0 Å². The highest BCUT2D eigenvalue weighted by Gasteiger charge is 2.17. The van der Waals surface area contributed by atoms with E-state index in [1.165, 1.54) is 30.2 Å². The molecule has 0 N–H and O–H groups in total. The number of hydrogen-bond donors (Lipinski definition) is 0. The third-order valence-electron chi connectivity index (χ3n) is 3.48. The van der Waals surface area contributed by atoms with E-state index in [0.717, 1.165) is 16.8 Å². The van der Waals surface area contributed by atoms with Gasteiger partial charge in [-0.05, 0) is 43.2 Å². The molecule has 0 aliphatic carbocycles. The summed E-state index contributed by atoms with van der Waals surface area (Å²) in [5, 5.41) is 9.99. The summed E-state index contributed by atoms with van der Waals surface area (Å²) in [5.41, 5.74) is 3.20. The molecule has 0 bridgehead atoms. The van der Waals surface area contributed by atoms with Crippen LogP contribution in [0.15, 0.2) is 40.3 Å². The Hall–Kier alpha value is -1.88. The van der Waals surface area contributed by atoms with Gasteiger partial charge in [0.05, 0.1) is 10.5 Å². The van der Waals surface area contributed by atoms with Gasteiger partial charge in [0.1, 0.15) is 11.1 Å². The van der Waals surface area contributed by atoms with Crippen LogP contribution in [0.2, 0.25) is 0 Å². The van der Waals surface area contributed by atoms with E-state index in [9.17, 15) is 13.7 Å². The van der Waals surface area contributed by atoms with E-state index >= 15 is 0 Å². The number of pyridine rings is 1. The highest BCUT2D eigenvalue weighted by molar-refractivity contribution is 7.98. The van der Waals surface area contributed by atoms with Gasteiger partial charge in [-0.3, -0.25) is 0 Å². The van der Waals surface area contributed by atoms with Gasteiger partial charge < -0.3 is 0 Å². The van der Waals surface area contributed by atoms with E-state index in [1.54, 1.807) is 18.2 Å². The maximum Gasteiger partial charge on any atom is 0.242 e. The molecule has 0 radical (unpaired) electrons. The predicted octanol–water partition coefficient (Wildman–Crippen LogP) is 3.11. The molecule has 0 aliphatic rings. The summed E-state index contributed by atoms with van der Waals surface area (Å²) in [5.74, 6) is 0.543. The molecule has 0 fully saturated rings. The fourth-order valence-electron chi connectivity index (χ4n) is 2.20. The van der Waals surface area contributed by atoms with Crippen LogP contribution in [-0.2, 0) is 15.8 Å². The minimum absolute atomic E-state index is 0.263. The zero-order valence-electron chi connectivity index (χ0n) is 14.1. The second kappa shape index (κ2) is 7.34. The van der Waals surface area contributed by atoms with Gasteiger partial charge in [0.15, 0.2) is 0 Å². The normalized spacial score (nSPS) is 11.5. The Morgan fingerprint density at radius 1 is 1.25 bits per heavy atom. The molecule has 24 heavy (non-hydrogen) atoms. The number of thioether (sulfide) groups is 1. The van der Waals surface area contributed by atoms with Crippen molar-refractivity contribution in [3.05, 3.63) is 52.7 Å². The van der Waals surface area contributed by atoms with Crippen molar-refractivity contribution in [2.45, 2.75) is 29.5 Å². The Morgan fingerprint density at radius 3 is 2.58 bits per heavy atom. The van der Waals surface area contributed by atoms with Gasteiger partial charge in [-0.25, -0.2) is 17.7 Å². The van der Waals surface area contributed by atoms with Crippen LogP contribution >= 0.6 is 11.8 Å². The lowest BCUT2D eigenvalue weighted by Crippen LogP contribution is -2.22. The van der Waals surface area contributed by atoms with Crippen molar-refractivity contribution < 1.29 is 8.42 Å². The maximum atomic E-state index is 12.2. The van der Waals surface area contributed by atoms with Gasteiger partial charge in [0.25, 0.3) is 0 Å². The molecule has 0 aliphatic heterocycles. The molecule has 1 aromatic carbocycles. The number of benzene rings is 1. The van der Waals surface area contributed by atoms with Crippen molar-refractivity contribution in [2.24, 2.45) is 0 Å². The quantitative estimate of drug-likeness (QED) is 0.765. The number of nitrogens with zero attached hydrogens (tertiary/aromatic N) is 3. The lowest BCUT2D eigenvalue weighted by Gasteiger charge is -2.12. The Kier molecular flexibility index (Phi) is 5.65. The second-order valence-electron chi connectivity index (χ2n) is 5.60. The van der Waals surface area contributed by atoms with Crippen molar-refractivity contribution in [1.82, 2.24) is 9.29 Å². The molecule has 0 amide bonds. The van der Waals surface area contributed by atoms with Crippen molar-refractivity contribution >= 4 is 21.8 Å². The minimum Gasteiger partial charge on any atom is -0.245 e.